The average Bonchev–Trinajstić information content (AvgIpc) is 3.26. The van der Waals surface area contributed by atoms with E-state index in [1.54, 1.807) is 6.07 Å². The fourth-order valence-electron chi connectivity index (χ4n) is 3.49. The number of aromatic nitrogens is 2. The molecule has 0 radical (unpaired) electrons. The first kappa shape index (κ1) is 18.2. The van der Waals surface area contributed by atoms with E-state index in [4.69, 9.17) is 0 Å². The number of nitrogens with one attached hydrogen (secondary N) is 2. The number of hydrogen-bond donors (Lipinski definition) is 2. The lowest BCUT2D eigenvalue weighted by Gasteiger charge is -2.13. The van der Waals surface area contributed by atoms with Gasteiger partial charge in [0.2, 0.25) is 0 Å². The van der Waals surface area contributed by atoms with Gasteiger partial charge < -0.3 is 10.6 Å². The second kappa shape index (κ2) is 8.65. The summed E-state index contributed by atoms with van der Waals surface area (Å²) in [5, 5.41) is 6.45. The van der Waals surface area contributed by atoms with Gasteiger partial charge in [-0.2, -0.15) is 0 Å². The van der Waals surface area contributed by atoms with E-state index in [2.05, 4.69) is 32.7 Å². The van der Waals surface area contributed by atoms with Gasteiger partial charge in [0.25, 0.3) is 5.91 Å². The number of benzene rings is 2. The topological polar surface area (TPSA) is 66.9 Å². The van der Waals surface area contributed by atoms with Gasteiger partial charge in [0.1, 0.15) is 11.5 Å². The van der Waals surface area contributed by atoms with E-state index in [1.165, 1.54) is 12.8 Å². The predicted molar refractivity (Wildman–Crippen MR) is 111 cm³/mol. The SMILES string of the molecule is O=C(NC1CCCC1)c1cc(NCc2ccccc2)nc(-c2ccccc2)n1. The van der Waals surface area contributed by atoms with Crippen molar-refractivity contribution in [2.45, 2.75) is 38.3 Å². The standard InChI is InChI=1S/C23H24N4O/c28-23(25-19-13-7-8-14-19)20-15-21(24-16-17-9-3-1-4-10-17)27-22(26-20)18-11-5-2-6-12-18/h1-6,9-12,15,19H,7-8,13-14,16H2,(H,25,28)(H,24,26,27). The molecule has 1 amide bonds. The molecule has 0 aliphatic heterocycles. The second-order valence-electron chi connectivity index (χ2n) is 7.12. The van der Waals surface area contributed by atoms with Crippen molar-refractivity contribution in [2.24, 2.45) is 0 Å². The van der Waals surface area contributed by atoms with Gasteiger partial charge in [-0.1, -0.05) is 73.5 Å². The molecule has 0 saturated heterocycles. The van der Waals surface area contributed by atoms with E-state index in [0.29, 0.717) is 23.9 Å². The maximum Gasteiger partial charge on any atom is 0.270 e. The molecule has 28 heavy (non-hydrogen) atoms. The zero-order valence-corrected chi connectivity index (χ0v) is 15.8. The second-order valence-corrected chi connectivity index (χ2v) is 7.12. The fraction of sp³-hybridized carbons (Fsp3) is 0.261. The lowest BCUT2D eigenvalue weighted by Crippen LogP contribution is -2.33. The maximum atomic E-state index is 12.8. The molecule has 2 N–H and O–H groups in total. The molecule has 5 nitrogen and oxygen atoms in total. The van der Waals surface area contributed by atoms with Crippen LogP contribution < -0.4 is 10.6 Å². The number of anilines is 1. The highest BCUT2D eigenvalue weighted by Gasteiger charge is 2.20. The molecule has 2 aromatic carbocycles. The minimum absolute atomic E-state index is 0.130. The Morgan fingerprint density at radius 1 is 0.929 bits per heavy atom. The average molecular weight is 372 g/mol. The van der Waals surface area contributed by atoms with Gasteiger partial charge in [-0.15, -0.1) is 0 Å². The van der Waals surface area contributed by atoms with E-state index < -0.39 is 0 Å². The van der Waals surface area contributed by atoms with Crippen LogP contribution in [0, 0.1) is 0 Å². The molecule has 0 atom stereocenters. The molecular weight excluding hydrogens is 348 g/mol. The summed E-state index contributed by atoms with van der Waals surface area (Å²) in [4.78, 5) is 21.9. The van der Waals surface area contributed by atoms with Crippen molar-refractivity contribution < 1.29 is 4.79 Å². The summed E-state index contributed by atoms with van der Waals surface area (Å²) < 4.78 is 0. The largest absolute Gasteiger partial charge is 0.366 e. The molecule has 1 heterocycles. The summed E-state index contributed by atoms with van der Waals surface area (Å²) in [6, 6.07) is 21.9. The molecule has 0 unspecified atom stereocenters. The molecule has 4 rings (SSSR count). The molecule has 142 valence electrons. The number of amides is 1. The van der Waals surface area contributed by atoms with Crippen LogP contribution in [0.2, 0.25) is 0 Å². The Bertz CT molecular complexity index is 922. The maximum absolute atomic E-state index is 12.8. The Morgan fingerprint density at radius 3 is 2.32 bits per heavy atom. The van der Waals surface area contributed by atoms with Gasteiger partial charge in [-0.05, 0) is 18.4 Å². The zero-order chi connectivity index (χ0) is 19.2. The van der Waals surface area contributed by atoms with Gasteiger partial charge in [0.05, 0.1) is 0 Å². The highest BCUT2D eigenvalue weighted by Crippen LogP contribution is 2.20. The third-order valence-corrected chi connectivity index (χ3v) is 5.00. The van der Waals surface area contributed by atoms with Gasteiger partial charge in [-0.3, -0.25) is 4.79 Å². The number of hydrogen-bond acceptors (Lipinski definition) is 4. The lowest BCUT2D eigenvalue weighted by atomic mass is 10.2. The fourth-order valence-corrected chi connectivity index (χ4v) is 3.49. The number of nitrogens with zero attached hydrogens (tertiary/aromatic N) is 2. The minimum atomic E-state index is -0.130. The van der Waals surface area contributed by atoms with E-state index in [-0.39, 0.29) is 11.9 Å². The van der Waals surface area contributed by atoms with Crippen molar-refractivity contribution in [1.29, 1.82) is 0 Å². The van der Waals surface area contributed by atoms with Crippen LogP contribution in [0.3, 0.4) is 0 Å². The molecule has 1 aromatic heterocycles. The number of rotatable bonds is 6. The van der Waals surface area contributed by atoms with Crippen LogP contribution in [0.5, 0.6) is 0 Å². The Hall–Kier alpha value is -3.21. The molecule has 1 fully saturated rings. The minimum Gasteiger partial charge on any atom is -0.366 e. The molecule has 1 saturated carbocycles. The Kier molecular flexibility index (Phi) is 5.61. The normalized spacial score (nSPS) is 14.0. The van der Waals surface area contributed by atoms with Crippen molar-refractivity contribution in [2.75, 3.05) is 5.32 Å². The third-order valence-electron chi connectivity index (χ3n) is 5.00. The third kappa shape index (κ3) is 4.55. The highest BCUT2D eigenvalue weighted by molar-refractivity contribution is 5.93. The lowest BCUT2D eigenvalue weighted by molar-refractivity contribution is 0.0933. The molecule has 1 aliphatic rings. The summed E-state index contributed by atoms with van der Waals surface area (Å²) in [7, 11) is 0. The Morgan fingerprint density at radius 2 is 1.61 bits per heavy atom. The molecule has 0 spiro atoms. The van der Waals surface area contributed by atoms with Gasteiger partial charge >= 0.3 is 0 Å². The van der Waals surface area contributed by atoms with Crippen molar-refractivity contribution in [1.82, 2.24) is 15.3 Å². The van der Waals surface area contributed by atoms with E-state index >= 15 is 0 Å². The van der Waals surface area contributed by atoms with Crippen LogP contribution in [0.25, 0.3) is 11.4 Å². The monoisotopic (exact) mass is 372 g/mol. The van der Waals surface area contributed by atoms with Crippen LogP contribution in [-0.4, -0.2) is 21.9 Å². The number of carbonyl (C=O) groups excluding carboxylic acids is 1. The van der Waals surface area contributed by atoms with Crippen molar-refractivity contribution in [3.8, 4) is 11.4 Å². The Labute approximate surface area is 165 Å². The van der Waals surface area contributed by atoms with Crippen molar-refractivity contribution in [3.63, 3.8) is 0 Å². The first-order valence-corrected chi connectivity index (χ1v) is 9.81. The summed E-state index contributed by atoms with van der Waals surface area (Å²) in [5.74, 6) is 1.07. The van der Waals surface area contributed by atoms with Crippen LogP contribution in [0.1, 0.15) is 41.7 Å². The van der Waals surface area contributed by atoms with Crippen molar-refractivity contribution >= 4 is 11.7 Å². The first-order valence-electron chi connectivity index (χ1n) is 9.81. The molecule has 3 aromatic rings. The van der Waals surface area contributed by atoms with Crippen LogP contribution in [0.4, 0.5) is 5.82 Å². The quantitative estimate of drug-likeness (QED) is 0.672. The molecular formula is C23H24N4O. The molecule has 0 bridgehead atoms. The number of carbonyl (C=O) groups is 1. The van der Waals surface area contributed by atoms with Gasteiger partial charge in [-0.25, -0.2) is 9.97 Å². The summed E-state index contributed by atoms with van der Waals surface area (Å²) in [6.45, 7) is 0.635. The summed E-state index contributed by atoms with van der Waals surface area (Å²) in [6.07, 6.45) is 4.44. The summed E-state index contributed by atoms with van der Waals surface area (Å²) >= 11 is 0. The zero-order valence-electron chi connectivity index (χ0n) is 15.8. The molecule has 5 heteroatoms. The van der Waals surface area contributed by atoms with Crippen LogP contribution in [0.15, 0.2) is 66.7 Å². The van der Waals surface area contributed by atoms with Crippen molar-refractivity contribution in [3.05, 3.63) is 78.0 Å². The van der Waals surface area contributed by atoms with E-state index in [1.807, 2.05) is 48.5 Å². The van der Waals surface area contributed by atoms with Gasteiger partial charge in [0, 0.05) is 24.2 Å². The Balaban J connectivity index is 1.59. The van der Waals surface area contributed by atoms with Crippen LogP contribution in [-0.2, 0) is 6.54 Å². The smallest absolute Gasteiger partial charge is 0.270 e. The van der Waals surface area contributed by atoms with E-state index in [0.717, 1.165) is 24.0 Å². The van der Waals surface area contributed by atoms with E-state index in [9.17, 15) is 4.79 Å². The molecule has 1 aliphatic carbocycles. The van der Waals surface area contributed by atoms with Crippen LogP contribution >= 0.6 is 0 Å². The summed E-state index contributed by atoms with van der Waals surface area (Å²) in [5.41, 5.74) is 2.44. The highest BCUT2D eigenvalue weighted by atomic mass is 16.1. The first-order chi connectivity index (χ1) is 13.8. The van der Waals surface area contributed by atoms with Gasteiger partial charge in [0.15, 0.2) is 5.82 Å². The predicted octanol–water partition coefficient (Wildman–Crippen LogP) is 4.43.